The van der Waals surface area contributed by atoms with E-state index in [4.69, 9.17) is 25.8 Å². The van der Waals surface area contributed by atoms with E-state index in [0.29, 0.717) is 29.7 Å². The molecule has 1 heterocycles. The first-order valence-electron chi connectivity index (χ1n) is 7.83. The molecule has 0 atom stereocenters. The van der Waals surface area contributed by atoms with Gasteiger partial charge in [0.1, 0.15) is 0 Å². The Morgan fingerprint density at radius 3 is 3.00 bits per heavy atom. The van der Waals surface area contributed by atoms with Gasteiger partial charge in [0.2, 0.25) is 12.7 Å². The number of halogens is 1. The predicted octanol–water partition coefficient (Wildman–Crippen LogP) is 3.40. The van der Waals surface area contributed by atoms with E-state index >= 15 is 0 Å². The average molecular weight is 340 g/mol. The van der Waals surface area contributed by atoms with Crippen LogP contribution in [0.15, 0.2) is 18.2 Å². The van der Waals surface area contributed by atoms with Gasteiger partial charge in [-0.15, -0.1) is 0 Å². The molecule has 6 heteroatoms. The van der Waals surface area contributed by atoms with E-state index in [1.165, 1.54) is 6.08 Å². The van der Waals surface area contributed by atoms with E-state index < -0.39 is 0 Å². The van der Waals surface area contributed by atoms with E-state index in [0.717, 1.165) is 31.4 Å². The third-order valence-corrected chi connectivity index (χ3v) is 3.56. The van der Waals surface area contributed by atoms with Crippen molar-refractivity contribution in [3.05, 3.63) is 28.8 Å². The molecule has 1 aromatic carbocycles. The second kappa shape index (κ2) is 9.43. The third-order valence-electron chi connectivity index (χ3n) is 3.28. The van der Waals surface area contributed by atoms with Gasteiger partial charge in [-0.3, -0.25) is 4.79 Å². The van der Waals surface area contributed by atoms with Crippen LogP contribution in [0.3, 0.4) is 0 Å². The Hall–Kier alpha value is -1.72. The number of amides is 1. The molecular formula is C17H22ClNO4. The van der Waals surface area contributed by atoms with Gasteiger partial charge >= 0.3 is 0 Å². The fraction of sp³-hybridized carbons (Fsp3) is 0.471. The quantitative estimate of drug-likeness (QED) is 0.553. The number of carbonyl (C=O) groups is 1. The molecule has 0 aliphatic carbocycles. The number of unbranched alkanes of at least 4 members (excludes halogenated alkanes) is 1. The number of hydrogen-bond donors (Lipinski definition) is 1. The number of nitrogens with one attached hydrogen (secondary N) is 1. The molecule has 0 fully saturated rings. The van der Waals surface area contributed by atoms with Crippen LogP contribution in [0, 0.1) is 0 Å². The zero-order chi connectivity index (χ0) is 16.5. The molecule has 23 heavy (non-hydrogen) atoms. The Bertz CT molecular complexity index is 560. The van der Waals surface area contributed by atoms with Crippen LogP contribution >= 0.6 is 11.6 Å². The topological polar surface area (TPSA) is 56.8 Å². The molecule has 1 aromatic rings. The van der Waals surface area contributed by atoms with Crippen molar-refractivity contribution >= 4 is 23.6 Å². The molecule has 126 valence electrons. The summed E-state index contributed by atoms with van der Waals surface area (Å²) in [6.07, 6.45) is 6.18. The highest BCUT2D eigenvalue weighted by atomic mass is 35.5. The summed E-state index contributed by atoms with van der Waals surface area (Å²) < 4.78 is 16.0. The maximum atomic E-state index is 11.7. The summed E-state index contributed by atoms with van der Waals surface area (Å²) in [5.41, 5.74) is 0.789. The van der Waals surface area contributed by atoms with Gasteiger partial charge < -0.3 is 19.5 Å². The molecule has 2 rings (SSSR count). The van der Waals surface area contributed by atoms with Crippen molar-refractivity contribution in [3.8, 4) is 11.5 Å². The molecule has 0 spiro atoms. The zero-order valence-corrected chi connectivity index (χ0v) is 14.0. The number of fused-ring (bicyclic) bond motifs is 1. The van der Waals surface area contributed by atoms with Crippen LogP contribution in [0.2, 0.25) is 5.02 Å². The lowest BCUT2D eigenvalue weighted by Gasteiger charge is -2.04. The molecular weight excluding hydrogens is 318 g/mol. The molecule has 1 aliphatic heterocycles. The van der Waals surface area contributed by atoms with E-state index in [-0.39, 0.29) is 12.7 Å². The lowest BCUT2D eigenvalue weighted by molar-refractivity contribution is -0.116. The van der Waals surface area contributed by atoms with Crippen molar-refractivity contribution in [1.82, 2.24) is 5.32 Å². The summed E-state index contributed by atoms with van der Waals surface area (Å²) in [7, 11) is 0. The number of carbonyl (C=O) groups excluding carboxylic acids is 1. The van der Waals surface area contributed by atoms with Gasteiger partial charge in [0, 0.05) is 25.8 Å². The smallest absolute Gasteiger partial charge is 0.244 e. The monoisotopic (exact) mass is 339 g/mol. The Labute approximate surface area is 141 Å². The van der Waals surface area contributed by atoms with E-state index in [1.807, 2.05) is 0 Å². The number of ether oxygens (including phenoxy) is 3. The highest BCUT2D eigenvalue weighted by molar-refractivity contribution is 6.32. The average Bonchev–Trinajstić information content (AvgIpc) is 3.01. The van der Waals surface area contributed by atoms with Gasteiger partial charge in [-0.2, -0.15) is 0 Å². The number of rotatable bonds is 9. The van der Waals surface area contributed by atoms with Crippen LogP contribution < -0.4 is 14.8 Å². The van der Waals surface area contributed by atoms with Gasteiger partial charge in [0.15, 0.2) is 11.5 Å². The summed E-state index contributed by atoms with van der Waals surface area (Å²) in [5, 5.41) is 3.29. The van der Waals surface area contributed by atoms with Gasteiger partial charge in [-0.05, 0) is 36.6 Å². The van der Waals surface area contributed by atoms with Gasteiger partial charge in [0.05, 0.1) is 5.02 Å². The highest BCUT2D eigenvalue weighted by Gasteiger charge is 2.17. The minimum atomic E-state index is -0.146. The van der Waals surface area contributed by atoms with Crippen LogP contribution in [-0.2, 0) is 9.53 Å². The highest BCUT2D eigenvalue weighted by Crippen LogP contribution is 2.39. The van der Waals surface area contributed by atoms with Crippen molar-refractivity contribution in [2.45, 2.75) is 26.2 Å². The zero-order valence-electron chi connectivity index (χ0n) is 13.3. The van der Waals surface area contributed by atoms with E-state index in [2.05, 4.69) is 12.2 Å². The molecule has 0 saturated carbocycles. The van der Waals surface area contributed by atoms with E-state index in [9.17, 15) is 4.79 Å². The molecule has 0 saturated heterocycles. The summed E-state index contributed by atoms with van der Waals surface area (Å²) in [6.45, 7) is 4.35. The summed E-state index contributed by atoms with van der Waals surface area (Å²) >= 11 is 6.09. The van der Waals surface area contributed by atoms with Gasteiger partial charge in [-0.1, -0.05) is 24.9 Å². The Morgan fingerprint density at radius 2 is 2.17 bits per heavy atom. The van der Waals surface area contributed by atoms with Crippen LogP contribution in [-0.4, -0.2) is 32.5 Å². The first-order chi connectivity index (χ1) is 11.2. The maximum absolute atomic E-state index is 11.7. The largest absolute Gasteiger partial charge is 0.454 e. The fourth-order valence-electron chi connectivity index (χ4n) is 2.05. The summed E-state index contributed by atoms with van der Waals surface area (Å²) in [5.74, 6) is 1.01. The van der Waals surface area contributed by atoms with Crippen molar-refractivity contribution in [2.75, 3.05) is 26.6 Å². The molecule has 1 N–H and O–H groups in total. The SMILES string of the molecule is CCCCOCCCNC(=O)/C=C/c1cc(Cl)c2c(c1)OCO2. The van der Waals surface area contributed by atoms with Crippen molar-refractivity contribution < 1.29 is 19.0 Å². The molecule has 0 aromatic heterocycles. The molecule has 0 unspecified atom stereocenters. The number of benzene rings is 1. The lowest BCUT2D eigenvalue weighted by Crippen LogP contribution is -2.23. The Morgan fingerprint density at radius 1 is 1.35 bits per heavy atom. The number of hydrogen-bond acceptors (Lipinski definition) is 4. The van der Waals surface area contributed by atoms with E-state index in [1.54, 1.807) is 18.2 Å². The summed E-state index contributed by atoms with van der Waals surface area (Å²) in [4.78, 5) is 11.7. The maximum Gasteiger partial charge on any atom is 0.244 e. The minimum Gasteiger partial charge on any atom is -0.454 e. The molecule has 5 nitrogen and oxygen atoms in total. The first-order valence-corrected chi connectivity index (χ1v) is 8.21. The molecule has 1 aliphatic rings. The van der Waals surface area contributed by atoms with Crippen molar-refractivity contribution in [1.29, 1.82) is 0 Å². The second-order valence-electron chi connectivity index (χ2n) is 5.18. The van der Waals surface area contributed by atoms with Crippen LogP contribution in [0.4, 0.5) is 0 Å². The van der Waals surface area contributed by atoms with Crippen LogP contribution in [0.5, 0.6) is 11.5 Å². The normalized spacial score (nSPS) is 12.8. The predicted molar refractivity (Wildman–Crippen MR) is 90.0 cm³/mol. The van der Waals surface area contributed by atoms with Crippen LogP contribution in [0.25, 0.3) is 6.08 Å². The Kier molecular flexibility index (Phi) is 7.23. The van der Waals surface area contributed by atoms with Crippen molar-refractivity contribution in [3.63, 3.8) is 0 Å². The van der Waals surface area contributed by atoms with Gasteiger partial charge in [-0.25, -0.2) is 0 Å². The molecule has 0 bridgehead atoms. The summed E-state index contributed by atoms with van der Waals surface area (Å²) in [6, 6.07) is 3.53. The minimum absolute atomic E-state index is 0.146. The van der Waals surface area contributed by atoms with Crippen molar-refractivity contribution in [2.24, 2.45) is 0 Å². The fourth-order valence-corrected chi connectivity index (χ4v) is 2.32. The second-order valence-corrected chi connectivity index (χ2v) is 5.59. The molecule has 0 radical (unpaired) electrons. The lowest BCUT2D eigenvalue weighted by atomic mass is 10.2. The third kappa shape index (κ3) is 5.77. The van der Waals surface area contributed by atoms with Crippen LogP contribution in [0.1, 0.15) is 31.7 Å². The molecule has 1 amide bonds. The van der Waals surface area contributed by atoms with Gasteiger partial charge in [0.25, 0.3) is 0 Å². The Balaban J connectivity index is 1.71. The standard InChI is InChI=1S/C17H22ClNO4/c1-2-3-8-21-9-4-7-19-16(20)6-5-13-10-14(18)17-15(11-13)22-12-23-17/h5-6,10-11H,2-4,7-9,12H2,1H3,(H,19,20)/b6-5+. The first kappa shape index (κ1) is 17.6.